The molecular weight excluding hydrogens is 321 g/mol. The summed E-state index contributed by atoms with van der Waals surface area (Å²) in [4.78, 5) is 8.78. The predicted molar refractivity (Wildman–Crippen MR) is 82.9 cm³/mol. The number of halogens is 3. The van der Waals surface area contributed by atoms with Gasteiger partial charge in [0.25, 0.3) is 0 Å². The van der Waals surface area contributed by atoms with Crippen LogP contribution in [0, 0.1) is 6.92 Å². The molecule has 0 atom stereocenters. The number of fused-ring (bicyclic) bond motifs is 1. The Hall–Kier alpha value is -2.83. The van der Waals surface area contributed by atoms with Crippen LogP contribution in [0.25, 0.3) is 22.2 Å². The number of hydrogen-bond acceptors (Lipinski definition) is 4. The average molecular weight is 334 g/mol. The van der Waals surface area contributed by atoms with Crippen LogP contribution in [0.15, 0.2) is 42.6 Å². The van der Waals surface area contributed by atoms with Gasteiger partial charge in [-0.25, -0.2) is 0 Å². The second-order valence-corrected chi connectivity index (χ2v) is 5.08. The van der Waals surface area contributed by atoms with Gasteiger partial charge in [-0.3, -0.25) is 9.97 Å². The number of ether oxygens (including phenoxy) is 2. The fourth-order valence-corrected chi connectivity index (χ4v) is 2.42. The average Bonchev–Trinajstić information content (AvgIpc) is 2.54. The van der Waals surface area contributed by atoms with Gasteiger partial charge >= 0.3 is 6.36 Å². The van der Waals surface area contributed by atoms with E-state index in [0.29, 0.717) is 11.3 Å². The number of aromatic nitrogens is 2. The third-order valence-electron chi connectivity index (χ3n) is 3.47. The fourth-order valence-electron chi connectivity index (χ4n) is 2.42. The first-order chi connectivity index (χ1) is 11.4. The summed E-state index contributed by atoms with van der Waals surface area (Å²) < 4.78 is 46.2. The molecule has 124 valence electrons. The maximum atomic E-state index is 12.4. The molecule has 0 fully saturated rings. The highest BCUT2D eigenvalue weighted by molar-refractivity contribution is 5.84. The Morgan fingerprint density at radius 1 is 1.04 bits per heavy atom. The maximum absolute atomic E-state index is 12.4. The summed E-state index contributed by atoms with van der Waals surface area (Å²) in [6.45, 7) is 1.85. The highest BCUT2D eigenvalue weighted by Gasteiger charge is 2.32. The van der Waals surface area contributed by atoms with Crippen molar-refractivity contribution in [1.82, 2.24) is 9.97 Å². The summed E-state index contributed by atoms with van der Waals surface area (Å²) in [6.07, 6.45) is -3.11. The minimum absolute atomic E-state index is 0.0228. The molecule has 0 saturated heterocycles. The van der Waals surface area contributed by atoms with Gasteiger partial charge in [-0.05, 0) is 43.3 Å². The first-order valence-corrected chi connectivity index (χ1v) is 7.04. The van der Waals surface area contributed by atoms with Gasteiger partial charge in [0, 0.05) is 22.8 Å². The largest absolute Gasteiger partial charge is 0.573 e. The predicted octanol–water partition coefficient (Wildman–Crippen LogP) is 4.51. The molecule has 0 saturated carbocycles. The molecule has 0 N–H and O–H groups in total. The quantitative estimate of drug-likeness (QED) is 0.707. The van der Waals surface area contributed by atoms with Crippen LogP contribution in [0.1, 0.15) is 5.69 Å². The van der Waals surface area contributed by atoms with Gasteiger partial charge in [0.05, 0.1) is 18.3 Å². The number of methoxy groups -OCH3 is 1. The number of hydrogen-bond donors (Lipinski definition) is 0. The molecule has 0 aliphatic rings. The minimum atomic E-state index is -4.78. The molecule has 0 bridgehead atoms. The van der Waals surface area contributed by atoms with Crippen molar-refractivity contribution in [2.75, 3.05) is 7.11 Å². The minimum Gasteiger partial charge on any atom is -0.493 e. The zero-order chi connectivity index (χ0) is 17.3. The smallest absolute Gasteiger partial charge is 0.493 e. The second-order valence-electron chi connectivity index (χ2n) is 5.08. The standard InChI is InChI=1S/C17H13F3N2O2/c1-10-12-4-3-7-21-14(12)9-13(22-10)11-5-6-15(16(8-11)23-2)24-17(18,19)20/h3-9H,1-2H3. The Bertz CT molecular complexity index is 895. The molecule has 1 aromatic carbocycles. The van der Waals surface area contributed by atoms with E-state index in [9.17, 15) is 13.2 Å². The van der Waals surface area contributed by atoms with E-state index < -0.39 is 12.1 Å². The number of benzene rings is 1. The van der Waals surface area contributed by atoms with Crippen LogP contribution in [0.4, 0.5) is 13.2 Å². The van der Waals surface area contributed by atoms with Gasteiger partial charge in [0.2, 0.25) is 0 Å². The third-order valence-corrected chi connectivity index (χ3v) is 3.47. The summed E-state index contributed by atoms with van der Waals surface area (Å²) >= 11 is 0. The lowest BCUT2D eigenvalue weighted by Crippen LogP contribution is -2.17. The highest BCUT2D eigenvalue weighted by Crippen LogP contribution is 2.35. The first-order valence-electron chi connectivity index (χ1n) is 7.04. The second kappa shape index (κ2) is 5.99. The summed E-state index contributed by atoms with van der Waals surface area (Å²) in [6, 6.07) is 9.68. The van der Waals surface area contributed by atoms with Crippen molar-refractivity contribution in [2.45, 2.75) is 13.3 Å². The molecule has 2 heterocycles. The molecule has 0 aliphatic heterocycles. The van der Waals surface area contributed by atoms with Crippen LogP contribution >= 0.6 is 0 Å². The number of rotatable bonds is 3. The van der Waals surface area contributed by atoms with E-state index in [1.165, 1.54) is 25.3 Å². The van der Waals surface area contributed by atoms with Crippen molar-refractivity contribution in [1.29, 1.82) is 0 Å². The van der Waals surface area contributed by atoms with E-state index in [4.69, 9.17) is 4.74 Å². The number of nitrogens with zero attached hydrogens (tertiary/aromatic N) is 2. The molecule has 3 aromatic rings. The Morgan fingerprint density at radius 3 is 2.54 bits per heavy atom. The molecular formula is C17H13F3N2O2. The van der Waals surface area contributed by atoms with Crippen LogP contribution in [0.2, 0.25) is 0 Å². The Balaban J connectivity index is 2.07. The van der Waals surface area contributed by atoms with Crippen molar-refractivity contribution in [3.8, 4) is 22.8 Å². The van der Waals surface area contributed by atoms with E-state index in [-0.39, 0.29) is 5.75 Å². The lowest BCUT2D eigenvalue weighted by atomic mass is 10.1. The molecule has 4 nitrogen and oxygen atoms in total. The van der Waals surface area contributed by atoms with Crippen molar-refractivity contribution >= 4 is 10.9 Å². The fraction of sp³-hybridized carbons (Fsp3) is 0.176. The van der Waals surface area contributed by atoms with Crippen molar-refractivity contribution in [3.63, 3.8) is 0 Å². The molecule has 2 aromatic heterocycles. The molecule has 7 heteroatoms. The van der Waals surface area contributed by atoms with E-state index in [1.54, 1.807) is 12.3 Å². The van der Waals surface area contributed by atoms with Crippen LogP contribution in [0.3, 0.4) is 0 Å². The molecule has 0 amide bonds. The summed E-state index contributed by atoms with van der Waals surface area (Å²) in [5.74, 6) is -0.421. The molecule has 3 rings (SSSR count). The van der Waals surface area contributed by atoms with Crippen LogP contribution in [0.5, 0.6) is 11.5 Å². The van der Waals surface area contributed by atoms with E-state index >= 15 is 0 Å². The normalized spacial score (nSPS) is 11.5. The molecule has 24 heavy (non-hydrogen) atoms. The zero-order valence-electron chi connectivity index (χ0n) is 12.9. The van der Waals surface area contributed by atoms with Crippen molar-refractivity contribution < 1.29 is 22.6 Å². The van der Waals surface area contributed by atoms with Gasteiger partial charge in [-0.2, -0.15) is 0 Å². The van der Waals surface area contributed by atoms with Gasteiger partial charge in [0.1, 0.15) is 0 Å². The topological polar surface area (TPSA) is 44.2 Å². The summed E-state index contributed by atoms with van der Waals surface area (Å²) in [5, 5.41) is 0.922. The van der Waals surface area contributed by atoms with Crippen LogP contribution < -0.4 is 9.47 Å². The van der Waals surface area contributed by atoms with Crippen LogP contribution in [-0.4, -0.2) is 23.4 Å². The summed E-state index contributed by atoms with van der Waals surface area (Å²) in [5.41, 5.74) is 2.74. The zero-order valence-corrected chi connectivity index (χ0v) is 12.9. The van der Waals surface area contributed by atoms with Crippen LogP contribution in [-0.2, 0) is 0 Å². The molecule has 0 unspecified atom stereocenters. The monoisotopic (exact) mass is 334 g/mol. The molecule has 0 radical (unpaired) electrons. The third kappa shape index (κ3) is 3.24. The summed E-state index contributed by atoms with van der Waals surface area (Å²) in [7, 11) is 1.28. The lowest BCUT2D eigenvalue weighted by molar-refractivity contribution is -0.275. The molecule has 0 aliphatic carbocycles. The highest BCUT2D eigenvalue weighted by atomic mass is 19.4. The first kappa shape index (κ1) is 16.0. The van der Waals surface area contributed by atoms with Gasteiger partial charge < -0.3 is 9.47 Å². The Kier molecular flexibility index (Phi) is 4.01. The number of alkyl halides is 3. The van der Waals surface area contributed by atoms with Gasteiger partial charge in [-0.15, -0.1) is 13.2 Å². The van der Waals surface area contributed by atoms with Crippen molar-refractivity contribution in [2.24, 2.45) is 0 Å². The van der Waals surface area contributed by atoms with Crippen molar-refractivity contribution in [3.05, 3.63) is 48.3 Å². The Labute approximate surface area is 135 Å². The van der Waals surface area contributed by atoms with E-state index in [1.807, 2.05) is 19.1 Å². The van der Waals surface area contributed by atoms with Gasteiger partial charge in [0.15, 0.2) is 11.5 Å². The van der Waals surface area contributed by atoms with E-state index in [0.717, 1.165) is 16.6 Å². The number of pyridine rings is 2. The maximum Gasteiger partial charge on any atom is 0.573 e. The Morgan fingerprint density at radius 2 is 1.83 bits per heavy atom. The SMILES string of the molecule is COc1cc(-c2cc3ncccc3c(C)n2)ccc1OC(F)(F)F. The lowest BCUT2D eigenvalue weighted by Gasteiger charge is -2.14. The van der Waals surface area contributed by atoms with E-state index in [2.05, 4.69) is 14.7 Å². The van der Waals surface area contributed by atoms with Gasteiger partial charge in [-0.1, -0.05) is 0 Å². The number of aryl methyl sites for hydroxylation is 1. The molecule has 0 spiro atoms.